The molecule has 0 bridgehead atoms. The van der Waals surface area contributed by atoms with Gasteiger partial charge in [-0.15, -0.1) is 0 Å². The van der Waals surface area contributed by atoms with E-state index in [1.807, 2.05) is 24.3 Å². The van der Waals surface area contributed by atoms with Crippen molar-refractivity contribution in [2.45, 2.75) is 32.7 Å². The molecule has 27 heavy (non-hydrogen) atoms. The molecule has 0 fully saturated rings. The lowest BCUT2D eigenvalue weighted by Gasteiger charge is -2.23. The van der Waals surface area contributed by atoms with Crippen LogP contribution in [0.1, 0.15) is 31.7 Å². The molecule has 0 spiro atoms. The van der Waals surface area contributed by atoms with Crippen LogP contribution in [0.4, 0.5) is 11.6 Å². The van der Waals surface area contributed by atoms with Crippen LogP contribution in [0.2, 0.25) is 10.0 Å². The fraction of sp³-hybridized carbons (Fsp3) is 0.333. The first-order chi connectivity index (χ1) is 13.1. The summed E-state index contributed by atoms with van der Waals surface area (Å²) in [6.45, 7) is 3.92. The van der Waals surface area contributed by atoms with E-state index in [9.17, 15) is 0 Å². The average molecular weight is 403 g/mol. The standard InChI is InChI=1S/C21H22Cl2N3O/c1-3-6-14-7-9-16(22)19-20(14)26-12-5-4-11-25(21(26)24-19)18-10-8-15(27-2)13-17(18)23/h6-10,13H,3-5,11-12H2,1-2H3. The Morgan fingerprint density at radius 2 is 1.93 bits per heavy atom. The first-order valence-electron chi connectivity index (χ1n) is 9.27. The van der Waals surface area contributed by atoms with E-state index in [1.54, 1.807) is 7.11 Å². The van der Waals surface area contributed by atoms with Gasteiger partial charge < -0.3 is 14.2 Å². The Morgan fingerprint density at radius 1 is 1.11 bits per heavy atom. The maximum atomic E-state index is 6.58. The van der Waals surface area contributed by atoms with Crippen molar-refractivity contribution in [1.82, 2.24) is 9.55 Å². The van der Waals surface area contributed by atoms with Crippen molar-refractivity contribution in [3.8, 4) is 5.75 Å². The van der Waals surface area contributed by atoms with E-state index < -0.39 is 0 Å². The van der Waals surface area contributed by atoms with E-state index in [-0.39, 0.29) is 0 Å². The molecule has 0 N–H and O–H groups in total. The molecule has 1 aliphatic heterocycles. The number of methoxy groups -OCH3 is 1. The fourth-order valence-electron chi connectivity index (χ4n) is 3.73. The monoisotopic (exact) mass is 402 g/mol. The third-order valence-electron chi connectivity index (χ3n) is 4.98. The van der Waals surface area contributed by atoms with Gasteiger partial charge in [0.2, 0.25) is 5.95 Å². The van der Waals surface area contributed by atoms with E-state index >= 15 is 0 Å². The molecular weight excluding hydrogens is 381 g/mol. The summed E-state index contributed by atoms with van der Waals surface area (Å²) >= 11 is 13.1. The van der Waals surface area contributed by atoms with E-state index in [1.165, 1.54) is 5.56 Å². The average Bonchev–Trinajstić information content (AvgIpc) is 2.93. The molecular formula is C21H22Cl2N3O. The molecule has 4 rings (SSSR count). The lowest BCUT2D eigenvalue weighted by molar-refractivity contribution is 0.415. The number of aromatic nitrogens is 2. The van der Waals surface area contributed by atoms with Gasteiger partial charge in [0, 0.05) is 19.2 Å². The van der Waals surface area contributed by atoms with Gasteiger partial charge in [-0.25, -0.2) is 4.98 Å². The molecule has 6 heteroatoms. The van der Waals surface area contributed by atoms with Gasteiger partial charge in [-0.3, -0.25) is 0 Å². The first kappa shape index (κ1) is 18.5. The number of hydrogen-bond donors (Lipinski definition) is 0. The van der Waals surface area contributed by atoms with Gasteiger partial charge in [-0.2, -0.15) is 0 Å². The van der Waals surface area contributed by atoms with Crippen LogP contribution >= 0.6 is 23.2 Å². The highest BCUT2D eigenvalue weighted by Crippen LogP contribution is 2.39. The summed E-state index contributed by atoms with van der Waals surface area (Å²) in [4.78, 5) is 7.14. The second-order valence-corrected chi connectivity index (χ2v) is 7.50. The van der Waals surface area contributed by atoms with Gasteiger partial charge in [0.1, 0.15) is 11.3 Å². The Labute approximate surface area is 169 Å². The molecule has 0 amide bonds. The molecule has 2 aromatic carbocycles. The van der Waals surface area contributed by atoms with Crippen LogP contribution in [-0.4, -0.2) is 23.2 Å². The summed E-state index contributed by atoms with van der Waals surface area (Å²) in [5.41, 5.74) is 4.08. The first-order valence-corrected chi connectivity index (χ1v) is 10.0. The van der Waals surface area contributed by atoms with Gasteiger partial charge in [0.25, 0.3) is 0 Å². The van der Waals surface area contributed by atoms with Crippen molar-refractivity contribution in [1.29, 1.82) is 0 Å². The SMILES string of the molecule is CC[CH]c1ccc(Cl)c2nc3n(c12)CCCCN3c1ccc(OC)cc1Cl. The summed E-state index contributed by atoms with van der Waals surface area (Å²) in [5.74, 6) is 1.64. The molecule has 4 nitrogen and oxygen atoms in total. The van der Waals surface area contributed by atoms with Crippen LogP contribution in [0.25, 0.3) is 11.0 Å². The lowest BCUT2D eigenvalue weighted by Crippen LogP contribution is -2.20. The van der Waals surface area contributed by atoms with E-state index in [0.29, 0.717) is 10.0 Å². The zero-order valence-corrected chi connectivity index (χ0v) is 17.0. The number of halogens is 2. The van der Waals surface area contributed by atoms with E-state index in [0.717, 1.165) is 60.8 Å². The third-order valence-corrected chi connectivity index (χ3v) is 5.59. The van der Waals surface area contributed by atoms with Crippen molar-refractivity contribution in [2.24, 2.45) is 0 Å². The molecule has 141 valence electrons. The highest BCUT2D eigenvalue weighted by molar-refractivity contribution is 6.35. The molecule has 0 saturated heterocycles. The number of anilines is 2. The molecule has 0 aliphatic carbocycles. The highest BCUT2D eigenvalue weighted by atomic mass is 35.5. The van der Waals surface area contributed by atoms with Gasteiger partial charge >= 0.3 is 0 Å². The maximum Gasteiger partial charge on any atom is 0.211 e. The van der Waals surface area contributed by atoms with Crippen molar-refractivity contribution in [3.63, 3.8) is 0 Å². The predicted molar refractivity (Wildman–Crippen MR) is 113 cm³/mol. The number of hydrogen-bond acceptors (Lipinski definition) is 3. The molecule has 1 radical (unpaired) electrons. The minimum Gasteiger partial charge on any atom is -0.497 e. The quantitative estimate of drug-likeness (QED) is 0.516. The smallest absolute Gasteiger partial charge is 0.211 e. The Hall–Kier alpha value is -1.91. The van der Waals surface area contributed by atoms with Crippen molar-refractivity contribution in [3.05, 3.63) is 52.4 Å². The summed E-state index contributed by atoms with van der Waals surface area (Å²) in [6.07, 6.45) is 5.34. The molecule has 2 heterocycles. The van der Waals surface area contributed by atoms with Crippen molar-refractivity contribution >= 4 is 45.9 Å². The molecule has 0 unspecified atom stereocenters. The Balaban J connectivity index is 1.91. The Bertz CT molecular complexity index is 983. The summed E-state index contributed by atoms with van der Waals surface area (Å²) in [5, 5.41) is 1.33. The molecule has 0 atom stereocenters. The van der Waals surface area contributed by atoms with Crippen LogP contribution in [0.15, 0.2) is 30.3 Å². The minimum atomic E-state index is 0.654. The Kier molecular flexibility index (Phi) is 5.20. The molecule has 0 saturated carbocycles. The van der Waals surface area contributed by atoms with Crippen LogP contribution in [-0.2, 0) is 6.54 Å². The van der Waals surface area contributed by atoms with Crippen LogP contribution in [0.5, 0.6) is 5.75 Å². The number of aryl methyl sites for hydroxylation is 1. The summed E-state index contributed by atoms with van der Waals surface area (Å²) in [6, 6.07) is 9.79. The van der Waals surface area contributed by atoms with Crippen molar-refractivity contribution in [2.75, 3.05) is 18.6 Å². The van der Waals surface area contributed by atoms with Crippen molar-refractivity contribution < 1.29 is 4.74 Å². The zero-order valence-electron chi connectivity index (χ0n) is 15.5. The largest absolute Gasteiger partial charge is 0.497 e. The zero-order chi connectivity index (χ0) is 19.0. The third kappa shape index (κ3) is 3.26. The molecule has 3 aromatic rings. The fourth-order valence-corrected chi connectivity index (χ4v) is 4.19. The Morgan fingerprint density at radius 3 is 2.67 bits per heavy atom. The summed E-state index contributed by atoms with van der Waals surface area (Å²) in [7, 11) is 1.64. The van der Waals surface area contributed by atoms with Gasteiger partial charge in [0.15, 0.2) is 0 Å². The summed E-state index contributed by atoms with van der Waals surface area (Å²) < 4.78 is 7.58. The normalized spacial score (nSPS) is 14.3. The second-order valence-electron chi connectivity index (χ2n) is 6.69. The minimum absolute atomic E-state index is 0.654. The highest BCUT2D eigenvalue weighted by Gasteiger charge is 2.25. The number of imidazole rings is 1. The molecule has 1 aliphatic rings. The lowest BCUT2D eigenvalue weighted by atomic mass is 10.1. The number of benzene rings is 2. The van der Waals surface area contributed by atoms with E-state index in [2.05, 4.69) is 28.9 Å². The van der Waals surface area contributed by atoms with Gasteiger partial charge in [-0.05, 0) is 49.4 Å². The number of fused-ring (bicyclic) bond motifs is 3. The van der Waals surface area contributed by atoms with Crippen LogP contribution in [0.3, 0.4) is 0 Å². The van der Waals surface area contributed by atoms with Gasteiger partial charge in [-0.1, -0.05) is 36.2 Å². The number of nitrogens with zero attached hydrogens (tertiary/aromatic N) is 3. The van der Waals surface area contributed by atoms with E-state index in [4.69, 9.17) is 32.9 Å². The number of ether oxygens (including phenoxy) is 1. The second kappa shape index (κ2) is 7.61. The topological polar surface area (TPSA) is 30.3 Å². The van der Waals surface area contributed by atoms with Gasteiger partial charge in [0.05, 0.1) is 28.4 Å². The predicted octanol–water partition coefficient (Wildman–Crippen LogP) is 6.25. The number of rotatable bonds is 4. The van der Waals surface area contributed by atoms with Crippen LogP contribution < -0.4 is 9.64 Å². The maximum absolute atomic E-state index is 6.58. The molecule has 1 aromatic heterocycles. The van der Waals surface area contributed by atoms with Crippen LogP contribution in [0, 0.1) is 6.42 Å².